The van der Waals surface area contributed by atoms with Crippen molar-refractivity contribution in [2.24, 2.45) is 0 Å². The number of fused-ring (bicyclic) bond motifs is 1. The Morgan fingerprint density at radius 2 is 2.03 bits per heavy atom. The topological polar surface area (TPSA) is 80.3 Å². The SMILES string of the molecule is COC(=O)N1Cc2sccc2C(Nc2ccc(F)cc2OC2CCCN(C(=O)OC(C)C)C2)=C1C. The Kier molecular flexibility index (Phi) is 7.49. The predicted octanol–water partition coefficient (Wildman–Crippen LogP) is 5.66. The van der Waals surface area contributed by atoms with Gasteiger partial charge in [-0.2, -0.15) is 0 Å². The van der Waals surface area contributed by atoms with E-state index in [4.69, 9.17) is 14.2 Å². The number of piperidine rings is 1. The minimum Gasteiger partial charge on any atom is -0.486 e. The zero-order chi connectivity index (χ0) is 25.1. The molecule has 2 aliphatic rings. The Labute approximate surface area is 208 Å². The molecule has 3 heterocycles. The molecule has 0 spiro atoms. The number of amides is 2. The van der Waals surface area contributed by atoms with Gasteiger partial charge in [0.15, 0.2) is 0 Å². The lowest BCUT2D eigenvalue weighted by molar-refractivity contribution is 0.0441. The van der Waals surface area contributed by atoms with Gasteiger partial charge in [-0.3, -0.25) is 4.90 Å². The molecule has 8 nitrogen and oxygen atoms in total. The average molecular weight is 504 g/mol. The Balaban J connectivity index is 1.58. The van der Waals surface area contributed by atoms with E-state index in [-0.39, 0.29) is 18.3 Å². The van der Waals surface area contributed by atoms with Gasteiger partial charge in [-0.05, 0) is 57.2 Å². The number of carbonyl (C=O) groups is 2. The third kappa shape index (κ3) is 5.53. The molecule has 1 unspecified atom stereocenters. The molecular weight excluding hydrogens is 473 g/mol. The molecule has 1 atom stereocenters. The average Bonchev–Trinajstić information content (AvgIpc) is 3.30. The fourth-order valence-electron chi connectivity index (χ4n) is 4.23. The standard InChI is InChI=1S/C25H30FN3O5S/c1-15(2)33-24(30)28-10-5-6-18(13-28)34-21-12-17(26)7-8-20(21)27-23-16(3)29(25(31)32-4)14-22-19(23)9-11-35-22/h7-9,11-12,15,18,27H,5-6,10,13-14H2,1-4H3. The molecule has 1 aromatic carbocycles. The summed E-state index contributed by atoms with van der Waals surface area (Å²) < 4.78 is 30.7. The summed E-state index contributed by atoms with van der Waals surface area (Å²) in [6.45, 7) is 6.83. The van der Waals surface area contributed by atoms with E-state index >= 15 is 0 Å². The number of thiophene rings is 1. The lowest BCUT2D eigenvalue weighted by atomic mass is 10.1. The summed E-state index contributed by atoms with van der Waals surface area (Å²) in [6, 6.07) is 6.29. The smallest absolute Gasteiger partial charge is 0.414 e. The van der Waals surface area contributed by atoms with E-state index in [1.54, 1.807) is 27.2 Å². The van der Waals surface area contributed by atoms with Crippen LogP contribution in [0.4, 0.5) is 19.7 Å². The van der Waals surface area contributed by atoms with Crippen LogP contribution in [-0.4, -0.2) is 54.4 Å². The molecule has 0 aliphatic carbocycles. The molecule has 2 aromatic rings. The number of rotatable bonds is 5. The largest absolute Gasteiger partial charge is 0.486 e. The number of likely N-dealkylation sites (tertiary alicyclic amines) is 1. The molecule has 10 heteroatoms. The van der Waals surface area contributed by atoms with Gasteiger partial charge in [-0.25, -0.2) is 14.0 Å². The van der Waals surface area contributed by atoms with Gasteiger partial charge in [0.25, 0.3) is 0 Å². The molecule has 35 heavy (non-hydrogen) atoms. The summed E-state index contributed by atoms with van der Waals surface area (Å²) in [7, 11) is 1.35. The Hall–Kier alpha value is -3.27. The maximum absolute atomic E-state index is 14.2. The zero-order valence-electron chi connectivity index (χ0n) is 20.3. The van der Waals surface area contributed by atoms with E-state index in [1.165, 1.54) is 19.2 Å². The van der Waals surface area contributed by atoms with Crippen LogP contribution in [0.3, 0.4) is 0 Å². The number of hydrogen-bond donors (Lipinski definition) is 1. The number of carbonyl (C=O) groups excluding carboxylic acids is 2. The summed E-state index contributed by atoms with van der Waals surface area (Å²) >= 11 is 1.55. The lowest BCUT2D eigenvalue weighted by Crippen LogP contribution is -2.45. The van der Waals surface area contributed by atoms with Crippen molar-refractivity contribution in [3.63, 3.8) is 0 Å². The van der Waals surface area contributed by atoms with Crippen molar-refractivity contribution >= 4 is 34.9 Å². The van der Waals surface area contributed by atoms with Gasteiger partial charge in [0.2, 0.25) is 0 Å². The van der Waals surface area contributed by atoms with Gasteiger partial charge in [0, 0.05) is 28.7 Å². The second kappa shape index (κ2) is 10.6. The van der Waals surface area contributed by atoms with E-state index in [0.29, 0.717) is 36.8 Å². The van der Waals surface area contributed by atoms with Crippen LogP contribution >= 0.6 is 11.3 Å². The van der Waals surface area contributed by atoms with Gasteiger partial charge in [0.05, 0.1) is 37.7 Å². The highest BCUT2D eigenvalue weighted by atomic mass is 32.1. The summed E-state index contributed by atoms with van der Waals surface area (Å²) in [6.07, 6.45) is 0.145. The van der Waals surface area contributed by atoms with Crippen molar-refractivity contribution < 1.29 is 28.2 Å². The summed E-state index contributed by atoms with van der Waals surface area (Å²) in [5.41, 5.74) is 2.95. The van der Waals surface area contributed by atoms with Crippen LogP contribution < -0.4 is 10.1 Å². The number of halogens is 1. The highest BCUT2D eigenvalue weighted by Crippen LogP contribution is 2.38. The Morgan fingerprint density at radius 1 is 1.23 bits per heavy atom. The van der Waals surface area contributed by atoms with Crippen molar-refractivity contribution in [3.05, 3.63) is 51.6 Å². The van der Waals surface area contributed by atoms with Gasteiger partial charge in [0.1, 0.15) is 17.7 Å². The minimum absolute atomic E-state index is 0.207. The zero-order valence-corrected chi connectivity index (χ0v) is 21.1. The van der Waals surface area contributed by atoms with Gasteiger partial charge in [-0.1, -0.05) is 0 Å². The number of nitrogens with zero attached hydrogens (tertiary/aromatic N) is 2. The number of hydrogen-bond acceptors (Lipinski definition) is 7. The summed E-state index contributed by atoms with van der Waals surface area (Å²) in [5, 5.41) is 5.33. The van der Waals surface area contributed by atoms with Crippen LogP contribution in [0, 0.1) is 5.82 Å². The molecule has 0 bridgehead atoms. The molecule has 1 N–H and O–H groups in total. The second-order valence-electron chi connectivity index (χ2n) is 8.80. The maximum atomic E-state index is 14.2. The van der Waals surface area contributed by atoms with Crippen LogP contribution in [0.1, 0.15) is 44.1 Å². The lowest BCUT2D eigenvalue weighted by Gasteiger charge is -2.33. The van der Waals surface area contributed by atoms with Crippen LogP contribution in [0.5, 0.6) is 5.75 Å². The normalized spacial score (nSPS) is 17.8. The molecule has 0 radical (unpaired) electrons. The third-order valence-electron chi connectivity index (χ3n) is 5.95. The van der Waals surface area contributed by atoms with E-state index in [0.717, 1.165) is 29.0 Å². The number of benzene rings is 1. The Morgan fingerprint density at radius 3 is 2.77 bits per heavy atom. The molecule has 1 aromatic heterocycles. The molecule has 1 saturated heterocycles. The third-order valence-corrected chi connectivity index (χ3v) is 6.85. The Bertz CT molecular complexity index is 1130. The molecule has 0 saturated carbocycles. The predicted molar refractivity (Wildman–Crippen MR) is 132 cm³/mol. The first kappa shape index (κ1) is 24.8. The molecule has 4 rings (SSSR count). The van der Waals surface area contributed by atoms with Crippen LogP contribution in [0.15, 0.2) is 35.3 Å². The second-order valence-corrected chi connectivity index (χ2v) is 9.80. The van der Waals surface area contributed by atoms with E-state index in [9.17, 15) is 14.0 Å². The highest BCUT2D eigenvalue weighted by molar-refractivity contribution is 7.10. The van der Waals surface area contributed by atoms with Crippen molar-refractivity contribution in [3.8, 4) is 5.75 Å². The van der Waals surface area contributed by atoms with Crippen LogP contribution in [0.25, 0.3) is 5.70 Å². The molecule has 188 valence electrons. The quantitative estimate of drug-likeness (QED) is 0.567. The molecule has 1 fully saturated rings. The van der Waals surface area contributed by atoms with Crippen molar-refractivity contribution in [1.29, 1.82) is 0 Å². The van der Waals surface area contributed by atoms with Crippen molar-refractivity contribution in [2.45, 2.75) is 52.4 Å². The van der Waals surface area contributed by atoms with Crippen molar-refractivity contribution in [1.82, 2.24) is 9.80 Å². The number of ether oxygens (including phenoxy) is 3. The van der Waals surface area contributed by atoms with E-state index in [2.05, 4.69) is 5.32 Å². The number of nitrogens with one attached hydrogen (secondary N) is 1. The number of anilines is 1. The number of allylic oxidation sites excluding steroid dienone is 1. The number of methoxy groups -OCH3 is 1. The molecular formula is C25H30FN3O5S. The van der Waals surface area contributed by atoms with E-state index in [1.807, 2.05) is 32.2 Å². The molecule has 2 amide bonds. The van der Waals surface area contributed by atoms with Gasteiger partial charge < -0.3 is 24.4 Å². The van der Waals surface area contributed by atoms with Crippen molar-refractivity contribution in [2.75, 3.05) is 25.5 Å². The fraction of sp³-hybridized carbons (Fsp3) is 0.440. The summed E-state index contributed by atoms with van der Waals surface area (Å²) in [5.74, 6) is -0.0967. The first-order chi connectivity index (χ1) is 16.8. The monoisotopic (exact) mass is 503 g/mol. The van der Waals surface area contributed by atoms with E-state index < -0.39 is 11.9 Å². The summed E-state index contributed by atoms with van der Waals surface area (Å²) in [4.78, 5) is 28.9. The van der Waals surface area contributed by atoms with Crippen LogP contribution in [0.2, 0.25) is 0 Å². The first-order valence-corrected chi connectivity index (χ1v) is 12.5. The minimum atomic E-state index is -0.452. The first-order valence-electron chi connectivity index (χ1n) is 11.6. The maximum Gasteiger partial charge on any atom is 0.414 e. The van der Waals surface area contributed by atoms with Gasteiger partial charge >= 0.3 is 12.2 Å². The van der Waals surface area contributed by atoms with Crippen LogP contribution in [-0.2, 0) is 16.0 Å². The molecule has 2 aliphatic heterocycles. The highest BCUT2D eigenvalue weighted by Gasteiger charge is 2.30. The van der Waals surface area contributed by atoms with Gasteiger partial charge in [-0.15, -0.1) is 11.3 Å². The fourth-order valence-corrected chi connectivity index (χ4v) is 5.10.